The fraction of sp³-hybridized carbons (Fsp3) is 0.400. The summed E-state index contributed by atoms with van der Waals surface area (Å²) < 4.78 is 0. The molecule has 2 rings (SSSR count). The Balaban J connectivity index is 2.20. The Morgan fingerprint density at radius 3 is 3.14 bits per heavy atom. The smallest absolute Gasteiger partial charge is 0.129 e. The average molecular weight is 188 g/mol. The minimum Gasteiger partial charge on any atom is -0.355 e. The number of nitriles is 1. The van der Waals surface area contributed by atoms with Crippen LogP contribution in [0.3, 0.4) is 0 Å². The zero-order valence-corrected chi connectivity index (χ0v) is 7.85. The third kappa shape index (κ3) is 1.68. The van der Waals surface area contributed by atoms with Crippen molar-refractivity contribution >= 4 is 5.82 Å². The molecular weight excluding hydrogens is 176 g/mol. The summed E-state index contributed by atoms with van der Waals surface area (Å²) in [5, 5.41) is 8.74. The van der Waals surface area contributed by atoms with Crippen molar-refractivity contribution < 1.29 is 0 Å². The first-order valence-corrected chi connectivity index (χ1v) is 4.66. The van der Waals surface area contributed by atoms with Crippen molar-refractivity contribution in [3.63, 3.8) is 0 Å². The van der Waals surface area contributed by atoms with Gasteiger partial charge in [0.1, 0.15) is 5.82 Å². The largest absolute Gasteiger partial charge is 0.355 e. The highest BCUT2D eigenvalue weighted by molar-refractivity contribution is 5.45. The van der Waals surface area contributed by atoms with Crippen LogP contribution in [0.15, 0.2) is 18.3 Å². The van der Waals surface area contributed by atoms with Crippen LogP contribution in [-0.4, -0.2) is 24.1 Å². The number of nitrogens with two attached hydrogens (primary N) is 1. The third-order valence-electron chi connectivity index (χ3n) is 2.42. The molecule has 1 saturated heterocycles. The number of aromatic nitrogens is 1. The van der Waals surface area contributed by atoms with E-state index in [9.17, 15) is 0 Å². The standard InChI is InChI=1S/C10H12N4/c11-6-8-1-3-13-10(5-8)14-4-2-9(12)7-14/h1,3,5,9H,2,4,7,12H2/t9-/m1/s1. The van der Waals surface area contributed by atoms with Crippen molar-refractivity contribution in [2.45, 2.75) is 12.5 Å². The molecule has 72 valence electrons. The molecule has 1 atom stereocenters. The molecule has 0 unspecified atom stereocenters. The lowest BCUT2D eigenvalue weighted by atomic mass is 10.3. The first-order chi connectivity index (χ1) is 6.79. The highest BCUT2D eigenvalue weighted by Crippen LogP contribution is 2.17. The quantitative estimate of drug-likeness (QED) is 0.696. The van der Waals surface area contributed by atoms with Crippen LogP contribution < -0.4 is 10.6 Å². The number of nitrogens with zero attached hydrogens (tertiary/aromatic N) is 3. The van der Waals surface area contributed by atoms with E-state index in [1.807, 2.05) is 0 Å². The Bertz CT molecular complexity index is 369. The van der Waals surface area contributed by atoms with E-state index in [1.54, 1.807) is 18.3 Å². The summed E-state index contributed by atoms with van der Waals surface area (Å²) in [6.45, 7) is 1.77. The molecule has 2 N–H and O–H groups in total. The van der Waals surface area contributed by atoms with Gasteiger partial charge in [0.25, 0.3) is 0 Å². The van der Waals surface area contributed by atoms with Crippen molar-refractivity contribution in [3.05, 3.63) is 23.9 Å². The normalized spacial score (nSPS) is 20.9. The molecule has 4 nitrogen and oxygen atoms in total. The molecule has 0 spiro atoms. The van der Waals surface area contributed by atoms with Crippen molar-refractivity contribution in [2.24, 2.45) is 5.73 Å². The molecule has 1 aliphatic rings. The molecule has 1 aromatic rings. The predicted molar refractivity (Wildman–Crippen MR) is 53.8 cm³/mol. The first-order valence-electron chi connectivity index (χ1n) is 4.66. The molecule has 0 radical (unpaired) electrons. The van der Waals surface area contributed by atoms with Crippen LogP contribution in [0.1, 0.15) is 12.0 Å². The van der Waals surface area contributed by atoms with Gasteiger partial charge in [0.15, 0.2) is 0 Å². The average Bonchev–Trinajstić information content (AvgIpc) is 2.65. The van der Waals surface area contributed by atoms with E-state index < -0.39 is 0 Å². The van der Waals surface area contributed by atoms with Crippen molar-refractivity contribution in [1.29, 1.82) is 5.26 Å². The van der Waals surface area contributed by atoms with E-state index in [0.29, 0.717) is 5.56 Å². The maximum atomic E-state index is 8.74. The SMILES string of the molecule is N#Cc1ccnc(N2CC[C@@H](N)C2)c1. The summed E-state index contributed by atoms with van der Waals surface area (Å²) in [4.78, 5) is 6.34. The van der Waals surface area contributed by atoms with Gasteiger partial charge in [-0.25, -0.2) is 4.98 Å². The molecular formula is C10H12N4. The van der Waals surface area contributed by atoms with Crippen LogP contribution in [0.25, 0.3) is 0 Å². The molecule has 1 fully saturated rings. The Kier molecular flexibility index (Phi) is 2.33. The van der Waals surface area contributed by atoms with Gasteiger partial charge in [-0.15, -0.1) is 0 Å². The highest BCUT2D eigenvalue weighted by Gasteiger charge is 2.20. The van der Waals surface area contributed by atoms with E-state index in [4.69, 9.17) is 11.0 Å². The Hall–Kier alpha value is -1.60. The van der Waals surface area contributed by atoms with Gasteiger partial charge < -0.3 is 10.6 Å². The molecule has 1 aromatic heterocycles. The lowest BCUT2D eigenvalue weighted by molar-refractivity contribution is 0.751. The zero-order chi connectivity index (χ0) is 9.97. The third-order valence-corrected chi connectivity index (χ3v) is 2.42. The fourth-order valence-electron chi connectivity index (χ4n) is 1.66. The zero-order valence-electron chi connectivity index (χ0n) is 7.85. The number of hydrogen-bond acceptors (Lipinski definition) is 4. The van der Waals surface area contributed by atoms with Crippen LogP contribution in [0, 0.1) is 11.3 Å². The highest BCUT2D eigenvalue weighted by atomic mass is 15.2. The number of rotatable bonds is 1. The molecule has 4 heteroatoms. The van der Waals surface area contributed by atoms with Gasteiger partial charge >= 0.3 is 0 Å². The molecule has 2 heterocycles. The summed E-state index contributed by atoms with van der Waals surface area (Å²) in [6, 6.07) is 5.85. The van der Waals surface area contributed by atoms with Crippen LogP contribution in [0.2, 0.25) is 0 Å². The summed E-state index contributed by atoms with van der Waals surface area (Å²) in [6.07, 6.45) is 2.66. The van der Waals surface area contributed by atoms with E-state index in [-0.39, 0.29) is 6.04 Å². The maximum Gasteiger partial charge on any atom is 0.129 e. The van der Waals surface area contributed by atoms with Gasteiger partial charge in [-0.1, -0.05) is 0 Å². The summed E-state index contributed by atoms with van der Waals surface area (Å²) >= 11 is 0. The van der Waals surface area contributed by atoms with Crippen LogP contribution in [0.5, 0.6) is 0 Å². The number of hydrogen-bond donors (Lipinski definition) is 1. The van der Waals surface area contributed by atoms with Gasteiger partial charge in [0, 0.05) is 25.3 Å². The second kappa shape index (κ2) is 3.64. The lowest BCUT2D eigenvalue weighted by Gasteiger charge is -2.16. The van der Waals surface area contributed by atoms with Crippen molar-refractivity contribution in [3.8, 4) is 6.07 Å². The van der Waals surface area contributed by atoms with E-state index in [1.165, 1.54) is 0 Å². The minimum absolute atomic E-state index is 0.238. The summed E-state index contributed by atoms with van der Waals surface area (Å²) in [5.74, 6) is 0.858. The fourth-order valence-corrected chi connectivity index (χ4v) is 1.66. The van der Waals surface area contributed by atoms with Crippen LogP contribution >= 0.6 is 0 Å². The van der Waals surface area contributed by atoms with E-state index >= 15 is 0 Å². The topological polar surface area (TPSA) is 65.9 Å². The number of anilines is 1. The van der Waals surface area contributed by atoms with Crippen molar-refractivity contribution in [2.75, 3.05) is 18.0 Å². The van der Waals surface area contributed by atoms with Crippen molar-refractivity contribution in [1.82, 2.24) is 4.98 Å². The molecule has 0 saturated carbocycles. The first kappa shape index (κ1) is 8.97. The molecule has 0 bridgehead atoms. The second-order valence-corrected chi connectivity index (χ2v) is 3.51. The molecule has 0 amide bonds. The molecule has 0 aliphatic carbocycles. The summed E-state index contributed by atoms with van der Waals surface area (Å²) in [5.41, 5.74) is 6.45. The maximum absolute atomic E-state index is 8.74. The molecule has 1 aliphatic heterocycles. The Morgan fingerprint density at radius 1 is 1.64 bits per heavy atom. The van der Waals surface area contributed by atoms with Crippen LogP contribution in [-0.2, 0) is 0 Å². The van der Waals surface area contributed by atoms with Gasteiger partial charge in [-0.05, 0) is 18.6 Å². The monoisotopic (exact) mass is 188 g/mol. The van der Waals surface area contributed by atoms with Gasteiger partial charge in [-0.3, -0.25) is 0 Å². The molecule has 0 aromatic carbocycles. The van der Waals surface area contributed by atoms with Gasteiger partial charge in [0.05, 0.1) is 11.6 Å². The van der Waals surface area contributed by atoms with E-state index in [2.05, 4.69) is 16.0 Å². The lowest BCUT2D eigenvalue weighted by Crippen LogP contribution is -2.26. The van der Waals surface area contributed by atoms with Crippen LogP contribution in [0.4, 0.5) is 5.82 Å². The Labute approximate surface area is 83.0 Å². The minimum atomic E-state index is 0.238. The second-order valence-electron chi connectivity index (χ2n) is 3.51. The van der Waals surface area contributed by atoms with Gasteiger partial charge in [0.2, 0.25) is 0 Å². The van der Waals surface area contributed by atoms with E-state index in [0.717, 1.165) is 25.3 Å². The molecule has 14 heavy (non-hydrogen) atoms. The summed E-state index contributed by atoms with van der Waals surface area (Å²) in [7, 11) is 0. The number of pyridine rings is 1. The van der Waals surface area contributed by atoms with Gasteiger partial charge in [-0.2, -0.15) is 5.26 Å². The Morgan fingerprint density at radius 2 is 2.50 bits per heavy atom. The predicted octanol–water partition coefficient (Wildman–Crippen LogP) is 0.491.